The van der Waals surface area contributed by atoms with Crippen molar-refractivity contribution in [3.8, 4) is 0 Å². The molecule has 0 unspecified atom stereocenters. The third-order valence-corrected chi connectivity index (χ3v) is 6.05. The van der Waals surface area contributed by atoms with Gasteiger partial charge in [0, 0.05) is 10.4 Å². The first-order chi connectivity index (χ1) is 11.9. The lowest BCUT2D eigenvalue weighted by atomic mass is 9.75. The number of hydrogen-bond acceptors (Lipinski definition) is 1. The van der Waals surface area contributed by atoms with E-state index in [0.29, 0.717) is 10.7 Å². The first kappa shape index (κ1) is 17.0. The van der Waals surface area contributed by atoms with E-state index in [2.05, 4.69) is 21.2 Å². The van der Waals surface area contributed by atoms with Crippen LogP contribution in [-0.2, 0) is 6.18 Å². The predicted octanol–water partition coefficient (Wildman–Crippen LogP) is 6.95. The van der Waals surface area contributed by atoms with Crippen molar-refractivity contribution in [1.82, 2.24) is 0 Å². The summed E-state index contributed by atoms with van der Waals surface area (Å²) in [5, 5.41) is 3.62. The van der Waals surface area contributed by atoms with Crippen LogP contribution in [0.5, 0.6) is 0 Å². The molecule has 0 radical (unpaired) electrons. The van der Waals surface area contributed by atoms with Crippen LogP contribution in [0.15, 0.2) is 53.0 Å². The van der Waals surface area contributed by atoms with Gasteiger partial charge >= 0.3 is 6.18 Å². The molecular weight excluding hydrogens is 415 g/mol. The molecule has 4 rings (SSSR count). The standard InChI is InChI=1S/C19H14BrClF3N/c20-14-7-2-1-4-12(14)17-11-6-3-5-10(11)16-13(19(22,23)24)8-9-15(21)18(16)25-17/h1-5,7-11,17,25H,6H2/t10-,11+,17+/m1/s1. The maximum absolute atomic E-state index is 13.5. The lowest BCUT2D eigenvalue weighted by molar-refractivity contribution is -0.138. The maximum Gasteiger partial charge on any atom is 0.416 e. The summed E-state index contributed by atoms with van der Waals surface area (Å²) < 4.78 is 41.6. The number of allylic oxidation sites excluding steroid dienone is 2. The van der Waals surface area contributed by atoms with Gasteiger partial charge in [-0.3, -0.25) is 0 Å². The van der Waals surface area contributed by atoms with E-state index in [4.69, 9.17) is 11.6 Å². The van der Waals surface area contributed by atoms with Crippen LogP contribution in [0.4, 0.5) is 18.9 Å². The highest BCUT2D eigenvalue weighted by Crippen LogP contribution is 2.55. The van der Waals surface area contributed by atoms with Crippen molar-refractivity contribution in [2.75, 3.05) is 5.32 Å². The summed E-state index contributed by atoms with van der Waals surface area (Å²) in [4.78, 5) is 0. The molecule has 0 bridgehead atoms. The van der Waals surface area contributed by atoms with E-state index in [1.807, 2.05) is 36.4 Å². The third-order valence-electron chi connectivity index (χ3n) is 5.01. The number of anilines is 1. The van der Waals surface area contributed by atoms with Crippen molar-refractivity contribution in [3.05, 3.63) is 74.7 Å². The molecule has 6 heteroatoms. The zero-order valence-corrected chi connectivity index (χ0v) is 15.3. The Kier molecular flexibility index (Phi) is 4.12. The van der Waals surface area contributed by atoms with Gasteiger partial charge in [-0.2, -0.15) is 13.2 Å². The van der Waals surface area contributed by atoms with Gasteiger partial charge in [-0.1, -0.05) is 57.9 Å². The maximum atomic E-state index is 13.5. The second-order valence-corrected chi connectivity index (χ2v) is 7.64. The van der Waals surface area contributed by atoms with Gasteiger partial charge in [-0.15, -0.1) is 0 Å². The molecule has 1 heterocycles. The third kappa shape index (κ3) is 2.77. The van der Waals surface area contributed by atoms with Gasteiger partial charge in [0.05, 0.1) is 22.3 Å². The molecule has 0 fully saturated rings. The minimum absolute atomic E-state index is 0.0192. The average Bonchev–Trinajstić information content (AvgIpc) is 3.04. The fourth-order valence-electron chi connectivity index (χ4n) is 3.96. The highest BCUT2D eigenvalue weighted by Gasteiger charge is 2.45. The second-order valence-electron chi connectivity index (χ2n) is 6.38. The number of hydrogen-bond donors (Lipinski definition) is 1. The molecule has 1 aliphatic carbocycles. The molecule has 0 aromatic heterocycles. The van der Waals surface area contributed by atoms with Gasteiger partial charge in [-0.05, 0) is 41.7 Å². The molecule has 0 spiro atoms. The predicted molar refractivity (Wildman–Crippen MR) is 96.9 cm³/mol. The summed E-state index contributed by atoms with van der Waals surface area (Å²) in [7, 11) is 0. The Bertz CT molecular complexity index is 862. The molecule has 2 aliphatic rings. The Hall–Kier alpha value is -1.46. The summed E-state index contributed by atoms with van der Waals surface area (Å²) >= 11 is 9.84. The molecule has 0 amide bonds. The van der Waals surface area contributed by atoms with Crippen LogP contribution in [-0.4, -0.2) is 0 Å². The molecule has 0 saturated carbocycles. The fraction of sp³-hybridized carbons (Fsp3) is 0.263. The van der Waals surface area contributed by atoms with Crippen molar-refractivity contribution in [3.63, 3.8) is 0 Å². The van der Waals surface area contributed by atoms with Crippen molar-refractivity contribution in [2.24, 2.45) is 5.92 Å². The van der Waals surface area contributed by atoms with E-state index in [1.165, 1.54) is 6.07 Å². The number of fused-ring (bicyclic) bond motifs is 3. The van der Waals surface area contributed by atoms with Crippen LogP contribution < -0.4 is 5.32 Å². The van der Waals surface area contributed by atoms with Gasteiger partial charge in [-0.25, -0.2) is 0 Å². The zero-order chi connectivity index (χ0) is 17.8. The SMILES string of the molecule is FC(F)(F)c1ccc(Cl)c2c1[C@@H]1C=CC[C@@H]1[C@@H](c1ccccc1Br)N2. The minimum Gasteiger partial charge on any atom is -0.376 e. The average molecular weight is 429 g/mol. The van der Waals surface area contributed by atoms with Gasteiger partial charge in [0.25, 0.3) is 0 Å². The van der Waals surface area contributed by atoms with E-state index >= 15 is 0 Å². The first-order valence-corrected chi connectivity index (χ1v) is 9.12. The molecule has 1 N–H and O–H groups in total. The first-order valence-electron chi connectivity index (χ1n) is 7.95. The Morgan fingerprint density at radius 1 is 1.12 bits per heavy atom. The highest BCUT2D eigenvalue weighted by molar-refractivity contribution is 9.10. The summed E-state index contributed by atoms with van der Waals surface area (Å²) in [6.45, 7) is 0. The summed E-state index contributed by atoms with van der Waals surface area (Å²) in [6.07, 6.45) is 0.182. The molecule has 130 valence electrons. The molecule has 3 atom stereocenters. The van der Waals surface area contributed by atoms with Crippen molar-refractivity contribution in [1.29, 1.82) is 0 Å². The monoisotopic (exact) mass is 427 g/mol. The second kappa shape index (κ2) is 6.06. The molecule has 25 heavy (non-hydrogen) atoms. The molecule has 1 nitrogen and oxygen atoms in total. The van der Waals surface area contributed by atoms with Crippen molar-refractivity contribution >= 4 is 33.2 Å². The van der Waals surface area contributed by atoms with Crippen molar-refractivity contribution in [2.45, 2.75) is 24.6 Å². The van der Waals surface area contributed by atoms with Crippen molar-refractivity contribution < 1.29 is 13.2 Å². The molecule has 0 saturated heterocycles. The summed E-state index contributed by atoms with van der Waals surface area (Å²) in [6, 6.07) is 10.1. The largest absolute Gasteiger partial charge is 0.416 e. The Balaban J connectivity index is 1.90. The molecule has 1 aliphatic heterocycles. The number of benzene rings is 2. The number of nitrogens with one attached hydrogen (secondary N) is 1. The Morgan fingerprint density at radius 2 is 1.88 bits per heavy atom. The van der Waals surface area contributed by atoms with E-state index < -0.39 is 11.7 Å². The van der Waals surface area contributed by atoms with Crippen LogP contribution in [0, 0.1) is 5.92 Å². The van der Waals surface area contributed by atoms with E-state index in [9.17, 15) is 13.2 Å². The van der Waals surface area contributed by atoms with Gasteiger partial charge in [0.15, 0.2) is 0 Å². The van der Waals surface area contributed by atoms with Gasteiger partial charge in [0.1, 0.15) is 0 Å². The van der Waals surface area contributed by atoms with Gasteiger partial charge in [0.2, 0.25) is 0 Å². The van der Waals surface area contributed by atoms with Crippen LogP contribution in [0.3, 0.4) is 0 Å². The number of rotatable bonds is 1. The summed E-state index contributed by atoms with van der Waals surface area (Å²) in [5.74, 6) is -0.283. The Morgan fingerprint density at radius 3 is 2.60 bits per heavy atom. The zero-order valence-electron chi connectivity index (χ0n) is 12.9. The fourth-order valence-corrected chi connectivity index (χ4v) is 4.71. The number of alkyl halides is 3. The quantitative estimate of drug-likeness (QED) is 0.485. The molecular formula is C19H14BrClF3N. The van der Waals surface area contributed by atoms with Gasteiger partial charge < -0.3 is 5.32 Å². The van der Waals surface area contributed by atoms with E-state index in [-0.39, 0.29) is 23.4 Å². The van der Waals surface area contributed by atoms with Crippen LogP contribution in [0.25, 0.3) is 0 Å². The number of halogens is 5. The van der Waals surface area contributed by atoms with Crippen LogP contribution >= 0.6 is 27.5 Å². The normalized spacial score (nSPS) is 24.6. The topological polar surface area (TPSA) is 12.0 Å². The lowest BCUT2D eigenvalue weighted by Gasteiger charge is -2.39. The highest BCUT2D eigenvalue weighted by atomic mass is 79.9. The lowest BCUT2D eigenvalue weighted by Crippen LogP contribution is -2.31. The summed E-state index contributed by atoms with van der Waals surface area (Å²) in [5.41, 5.74) is 1.08. The van der Waals surface area contributed by atoms with Crippen LogP contribution in [0.2, 0.25) is 5.02 Å². The molecule has 2 aromatic carbocycles. The van der Waals surface area contributed by atoms with E-state index in [1.54, 1.807) is 0 Å². The molecule has 2 aromatic rings. The minimum atomic E-state index is -4.41. The van der Waals surface area contributed by atoms with Crippen LogP contribution in [0.1, 0.15) is 35.1 Å². The Labute approximate surface area is 157 Å². The van der Waals surface area contributed by atoms with E-state index in [0.717, 1.165) is 22.5 Å². The smallest absolute Gasteiger partial charge is 0.376 e.